The number of carbonyl (C=O) groups is 4. The highest BCUT2D eigenvalue weighted by molar-refractivity contribution is 5.98. The van der Waals surface area contributed by atoms with Crippen LogP contribution in [0.1, 0.15) is 119 Å². The number of ether oxygens (including phenoxy) is 1. The zero-order valence-electron chi connectivity index (χ0n) is 26.7. The van der Waals surface area contributed by atoms with Crippen molar-refractivity contribution in [1.82, 2.24) is 16.0 Å². The first-order valence-corrected chi connectivity index (χ1v) is 16.0. The molecule has 10 nitrogen and oxygen atoms in total. The Morgan fingerprint density at radius 3 is 1.76 bits per heavy atom. The van der Waals surface area contributed by atoms with Crippen LogP contribution in [0, 0.1) is 17.8 Å². The summed E-state index contributed by atoms with van der Waals surface area (Å²) in [6.07, 6.45) is 10.4. The second kappa shape index (κ2) is 19.7. The Morgan fingerprint density at radius 1 is 0.762 bits per heavy atom. The van der Waals surface area contributed by atoms with Crippen molar-refractivity contribution >= 4 is 23.7 Å². The van der Waals surface area contributed by atoms with Gasteiger partial charge in [0, 0.05) is 5.92 Å². The lowest BCUT2D eigenvalue weighted by molar-refractivity contribution is -0.157. The van der Waals surface area contributed by atoms with Crippen LogP contribution in [0.5, 0.6) is 0 Å². The van der Waals surface area contributed by atoms with Gasteiger partial charge in [-0.15, -0.1) is 0 Å². The Morgan fingerprint density at radius 2 is 1.26 bits per heavy atom. The summed E-state index contributed by atoms with van der Waals surface area (Å²) in [4.78, 5) is 52.1. The summed E-state index contributed by atoms with van der Waals surface area (Å²) in [5, 5.41) is 28.6. The highest BCUT2D eigenvalue weighted by Gasteiger charge is 2.39. The van der Waals surface area contributed by atoms with Crippen LogP contribution in [0.2, 0.25) is 0 Å². The minimum absolute atomic E-state index is 0.343. The zero-order valence-corrected chi connectivity index (χ0v) is 26.7. The SMILES string of the molecule is C=C1NC(=O)C(C(C)O)NC(=O)C(C(C)C)NC(=O)C(C)C(C(C)C(O)CCCCCCCCCCCCC)OC1=O. The van der Waals surface area contributed by atoms with Gasteiger partial charge in [0.15, 0.2) is 0 Å². The Balaban J connectivity index is 2.89. The molecule has 1 heterocycles. The number of cyclic esters (lactones) is 1. The van der Waals surface area contributed by atoms with E-state index in [0.717, 1.165) is 19.3 Å². The number of hydrogen-bond acceptors (Lipinski definition) is 7. The van der Waals surface area contributed by atoms with Gasteiger partial charge in [0.25, 0.3) is 0 Å². The van der Waals surface area contributed by atoms with Gasteiger partial charge >= 0.3 is 5.97 Å². The second-order valence-electron chi connectivity index (χ2n) is 12.3. The lowest BCUT2D eigenvalue weighted by Crippen LogP contribution is -2.58. The molecule has 1 aliphatic rings. The van der Waals surface area contributed by atoms with Crippen LogP contribution >= 0.6 is 0 Å². The number of carbonyl (C=O) groups excluding carboxylic acids is 4. The van der Waals surface area contributed by atoms with Gasteiger partial charge in [-0.05, 0) is 19.3 Å². The van der Waals surface area contributed by atoms with E-state index in [1.165, 1.54) is 58.3 Å². The molecule has 1 aliphatic heterocycles. The summed E-state index contributed by atoms with van der Waals surface area (Å²) in [6, 6.07) is -2.40. The fourth-order valence-corrected chi connectivity index (χ4v) is 5.25. The van der Waals surface area contributed by atoms with E-state index in [1.54, 1.807) is 27.7 Å². The Hall–Kier alpha value is -2.46. The molecule has 0 saturated carbocycles. The van der Waals surface area contributed by atoms with E-state index >= 15 is 0 Å². The van der Waals surface area contributed by atoms with E-state index < -0.39 is 71.6 Å². The smallest absolute Gasteiger partial charge is 0.354 e. The summed E-state index contributed by atoms with van der Waals surface area (Å²) in [6.45, 7) is 13.9. The van der Waals surface area contributed by atoms with Crippen molar-refractivity contribution in [2.24, 2.45) is 17.8 Å². The third-order valence-electron chi connectivity index (χ3n) is 8.21. The lowest BCUT2D eigenvalue weighted by Gasteiger charge is -2.32. The summed E-state index contributed by atoms with van der Waals surface area (Å²) in [7, 11) is 0. The van der Waals surface area contributed by atoms with E-state index in [4.69, 9.17) is 4.74 Å². The van der Waals surface area contributed by atoms with E-state index in [9.17, 15) is 29.4 Å². The van der Waals surface area contributed by atoms with Gasteiger partial charge in [-0.25, -0.2) is 4.79 Å². The highest BCUT2D eigenvalue weighted by Crippen LogP contribution is 2.25. The zero-order chi connectivity index (χ0) is 31.8. The van der Waals surface area contributed by atoms with E-state index in [2.05, 4.69) is 29.5 Å². The monoisotopic (exact) mass is 595 g/mol. The minimum atomic E-state index is -1.39. The number of hydrogen-bond donors (Lipinski definition) is 5. The average Bonchev–Trinajstić information content (AvgIpc) is 2.94. The Bertz CT molecular complexity index is 876. The molecule has 0 aromatic heterocycles. The largest absolute Gasteiger partial charge is 0.457 e. The van der Waals surface area contributed by atoms with Crippen LogP contribution in [0.4, 0.5) is 0 Å². The number of aliphatic hydroxyl groups excluding tert-OH is 2. The van der Waals surface area contributed by atoms with Gasteiger partial charge in [-0.1, -0.05) is 112 Å². The standard InChI is InChI=1S/C32H57N3O7/c1-8-9-10-11-12-13-14-15-16-17-18-19-25(37)21(4)28-22(5)29(38)34-26(20(2)3)30(39)35-27(24(7)36)31(40)33-23(6)32(41)42-28/h20-22,24-28,36-37H,6,8-19H2,1-5,7H3,(H,33,40)(H,34,38)(H,35,39). The second-order valence-corrected chi connectivity index (χ2v) is 12.3. The van der Waals surface area contributed by atoms with Crippen molar-refractivity contribution in [1.29, 1.82) is 0 Å². The molecule has 0 radical (unpaired) electrons. The minimum Gasteiger partial charge on any atom is -0.457 e. The molecular formula is C32H57N3O7. The summed E-state index contributed by atoms with van der Waals surface area (Å²) >= 11 is 0. The third kappa shape index (κ3) is 12.8. The first-order chi connectivity index (χ1) is 19.8. The molecule has 42 heavy (non-hydrogen) atoms. The molecule has 7 unspecified atom stereocenters. The van der Waals surface area contributed by atoms with Crippen LogP contribution < -0.4 is 16.0 Å². The fourth-order valence-electron chi connectivity index (χ4n) is 5.25. The summed E-state index contributed by atoms with van der Waals surface area (Å²) < 4.78 is 5.67. The van der Waals surface area contributed by atoms with E-state index in [0.29, 0.717) is 6.42 Å². The van der Waals surface area contributed by atoms with Crippen molar-refractivity contribution in [2.45, 2.75) is 149 Å². The van der Waals surface area contributed by atoms with Crippen LogP contribution in [0.25, 0.3) is 0 Å². The molecule has 3 amide bonds. The van der Waals surface area contributed by atoms with Crippen molar-refractivity contribution in [2.75, 3.05) is 0 Å². The number of rotatable bonds is 16. The topological polar surface area (TPSA) is 154 Å². The molecule has 10 heteroatoms. The Labute approximate surface area is 252 Å². The van der Waals surface area contributed by atoms with Crippen molar-refractivity contribution in [3.63, 3.8) is 0 Å². The van der Waals surface area contributed by atoms with Crippen molar-refractivity contribution < 1.29 is 34.1 Å². The highest BCUT2D eigenvalue weighted by atomic mass is 16.5. The molecule has 1 saturated heterocycles. The molecule has 1 rings (SSSR count). The fraction of sp³-hybridized carbons (Fsp3) is 0.812. The maximum atomic E-state index is 13.3. The molecule has 0 aliphatic carbocycles. The number of aliphatic hydroxyl groups is 2. The Kier molecular flexibility index (Phi) is 17.6. The molecule has 0 bridgehead atoms. The predicted octanol–water partition coefficient (Wildman–Crippen LogP) is 3.88. The van der Waals surface area contributed by atoms with Crippen LogP contribution in [0.3, 0.4) is 0 Å². The van der Waals surface area contributed by atoms with Crippen molar-refractivity contribution in [3.8, 4) is 0 Å². The molecule has 242 valence electrons. The number of esters is 1. The number of unbranched alkanes of at least 4 members (excludes halogenated alkanes) is 10. The summed E-state index contributed by atoms with van der Waals surface area (Å²) in [5.74, 6) is -4.86. The molecule has 1 fully saturated rings. The van der Waals surface area contributed by atoms with Gasteiger partial charge in [0.1, 0.15) is 23.9 Å². The predicted molar refractivity (Wildman–Crippen MR) is 163 cm³/mol. The maximum absolute atomic E-state index is 13.3. The lowest BCUT2D eigenvalue weighted by atomic mass is 9.86. The average molecular weight is 596 g/mol. The van der Waals surface area contributed by atoms with Gasteiger partial charge < -0.3 is 30.9 Å². The molecule has 0 aromatic rings. The first-order valence-electron chi connectivity index (χ1n) is 16.0. The molecule has 5 N–H and O–H groups in total. The van der Waals surface area contributed by atoms with E-state index in [1.807, 2.05) is 0 Å². The molecule has 0 spiro atoms. The van der Waals surface area contributed by atoms with Crippen LogP contribution in [-0.2, 0) is 23.9 Å². The van der Waals surface area contributed by atoms with Crippen LogP contribution in [-0.4, -0.2) is 64.3 Å². The molecule has 0 aromatic carbocycles. The third-order valence-corrected chi connectivity index (χ3v) is 8.21. The van der Waals surface area contributed by atoms with Crippen molar-refractivity contribution in [3.05, 3.63) is 12.3 Å². The van der Waals surface area contributed by atoms with Gasteiger partial charge in [0.2, 0.25) is 17.7 Å². The van der Waals surface area contributed by atoms with E-state index in [-0.39, 0.29) is 5.92 Å². The van der Waals surface area contributed by atoms with Gasteiger partial charge in [0.05, 0.1) is 18.1 Å². The van der Waals surface area contributed by atoms with Gasteiger partial charge in [-0.2, -0.15) is 0 Å². The van der Waals surface area contributed by atoms with Crippen LogP contribution in [0.15, 0.2) is 12.3 Å². The molecular weight excluding hydrogens is 538 g/mol. The number of nitrogens with one attached hydrogen (secondary N) is 3. The normalized spacial score (nSPS) is 24.8. The number of amides is 3. The first kappa shape index (κ1) is 37.6. The quantitative estimate of drug-likeness (QED) is 0.103. The summed E-state index contributed by atoms with van der Waals surface area (Å²) in [5.41, 5.74) is -0.399. The molecule has 7 atom stereocenters. The van der Waals surface area contributed by atoms with Gasteiger partial charge in [-0.3, -0.25) is 14.4 Å². The maximum Gasteiger partial charge on any atom is 0.354 e.